The highest BCUT2D eigenvalue weighted by Crippen LogP contribution is 2.15. The lowest BCUT2D eigenvalue weighted by Gasteiger charge is -2.13. The van der Waals surface area contributed by atoms with Gasteiger partial charge in [0.2, 0.25) is 11.8 Å². The van der Waals surface area contributed by atoms with Gasteiger partial charge in [0.05, 0.1) is 6.61 Å². The standard InChI is InChI=1S/C9H16N4O2/c1-6(5-14-3)15-8-4-7(11-2)12-9(10)13-8/h4,6H,5H2,1-3H3,(H3,10,11,12,13). The largest absolute Gasteiger partial charge is 0.472 e. The monoisotopic (exact) mass is 212 g/mol. The highest BCUT2D eigenvalue weighted by Gasteiger charge is 2.07. The van der Waals surface area contributed by atoms with Gasteiger partial charge >= 0.3 is 0 Å². The second kappa shape index (κ2) is 5.35. The van der Waals surface area contributed by atoms with E-state index >= 15 is 0 Å². The first-order chi connectivity index (χ1) is 7.15. The molecule has 6 heteroatoms. The number of aromatic nitrogens is 2. The first kappa shape index (κ1) is 11.5. The number of nitrogens with zero attached hydrogens (tertiary/aromatic N) is 2. The lowest BCUT2D eigenvalue weighted by molar-refractivity contribution is 0.0890. The Hall–Kier alpha value is -1.56. The van der Waals surface area contributed by atoms with E-state index in [0.717, 1.165) is 0 Å². The van der Waals surface area contributed by atoms with E-state index in [-0.39, 0.29) is 12.1 Å². The fourth-order valence-electron chi connectivity index (χ4n) is 1.11. The molecule has 0 aliphatic heterocycles. The fraction of sp³-hybridized carbons (Fsp3) is 0.556. The molecule has 1 atom stereocenters. The van der Waals surface area contributed by atoms with E-state index in [9.17, 15) is 0 Å². The Morgan fingerprint density at radius 1 is 1.53 bits per heavy atom. The Balaban J connectivity index is 2.71. The van der Waals surface area contributed by atoms with Crippen LogP contribution in [0.25, 0.3) is 0 Å². The Bertz CT molecular complexity index is 319. The van der Waals surface area contributed by atoms with Gasteiger partial charge in [-0.2, -0.15) is 9.97 Å². The molecule has 1 aromatic rings. The minimum absolute atomic E-state index is 0.0750. The first-order valence-corrected chi connectivity index (χ1v) is 4.63. The highest BCUT2D eigenvalue weighted by molar-refractivity contribution is 5.42. The minimum atomic E-state index is -0.0750. The van der Waals surface area contributed by atoms with Gasteiger partial charge in [0, 0.05) is 20.2 Å². The molecule has 0 saturated heterocycles. The summed E-state index contributed by atoms with van der Waals surface area (Å²) >= 11 is 0. The summed E-state index contributed by atoms with van der Waals surface area (Å²) < 4.78 is 10.4. The number of anilines is 2. The van der Waals surface area contributed by atoms with Gasteiger partial charge in [-0.3, -0.25) is 0 Å². The number of nitrogen functional groups attached to an aromatic ring is 1. The molecule has 6 nitrogen and oxygen atoms in total. The SMILES string of the molecule is CNc1cc(OC(C)COC)nc(N)n1. The molecule has 0 amide bonds. The Morgan fingerprint density at radius 2 is 2.27 bits per heavy atom. The van der Waals surface area contributed by atoms with E-state index in [1.54, 1.807) is 20.2 Å². The van der Waals surface area contributed by atoms with Crippen LogP contribution in [0.5, 0.6) is 5.88 Å². The second-order valence-corrected chi connectivity index (χ2v) is 3.08. The molecule has 1 unspecified atom stereocenters. The number of hydrogen-bond acceptors (Lipinski definition) is 6. The quantitative estimate of drug-likeness (QED) is 0.740. The zero-order valence-corrected chi connectivity index (χ0v) is 9.15. The summed E-state index contributed by atoms with van der Waals surface area (Å²) in [4.78, 5) is 7.90. The molecule has 0 saturated carbocycles. The molecular weight excluding hydrogens is 196 g/mol. The summed E-state index contributed by atoms with van der Waals surface area (Å²) in [5.41, 5.74) is 5.51. The van der Waals surface area contributed by atoms with Gasteiger partial charge in [0.1, 0.15) is 11.9 Å². The highest BCUT2D eigenvalue weighted by atomic mass is 16.5. The Kier molecular flexibility index (Phi) is 4.11. The van der Waals surface area contributed by atoms with Crippen molar-refractivity contribution in [2.24, 2.45) is 0 Å². The average molecular weight is 212 g/mol. The minimum Gasteiger partial charge on any atom is -0.472 e. The third-order valence-corrected chi connectivity index (χ3v) is 1.70. The molecule has 1 heterocycles. The van der Waals surface area contributed by atoms with Crippen molar-refractivity contribution < 1.29 is 9.47 Å². The number of ether oxygens (including phenoxy) is 2. The predicted octanol–water partition coefficient (Wildman–Crippen LogP) is 0.514. The maximum absolute atomic E-state index is 5.51. The van der Waals surface area contributed by atoms with Crippen LogP contribution in [0.15, 0.2) is 6.07 Å². The number of hydrogen-bond donors (Lipinski definition) is 2. The van der Waals surface area contributed by atoms with Gasteiger partial charge in [0.25, 0.3) is 0 Å². The van der Waals surface area contributed by atoms with Gasteiger partial charge in [-0.15, -0.1) is 0 Å². The van der Waals surface area contributed by atoms with E-state index in [1.165, 1.54) is 0 Å². The molecule has 3 N–H and O–H groups in total. The third-order valence-electron chi connectivity index (χ3n) is 1.70. The second-order valence-electron chi connectivity index (χ2n) is 3.08. The van der Waals surface area contributed by atoms with E-state index < -0.39 is 0 Å². The van der Waals surface area contributed by atoms with Crippen LogP contribution in [0.3, 0.4) is 0 Å². The number of nitrogens with two attached hydrogens (primary N) is 1. The summed E-state index contributed by atoms with van der Waals surface area (Å²) in [5, 5.41) is 2.87. The third kappa shape index (κ3) is 3.59. The molecule has 1 rings (SSSR count). The van der Waals surface area contributed by atoms with E-state index in [1.807, 2.05) is 6.92 Å². The van der Waals surface area contributed by atoms with Gasteiger partial charge in [-0.05, 0) is 6.92 Å². The van der Waals surface area contributed by atoms with Crippen molar-refractivity contribution in [2.75, 3.05) is 31.8 Å². The molecule has 0 radical (unpaired) electrons. The Morgan fingerprint density at radius 3 is 2.87 bits per heavy atom. The summed E-state index contributed by atoms with van der Waals surface area (Å²) in [6.45, 7) is 2.39. The topological polar surface area (TPSA) is 82.3 Å². The van der Waals surface area contributed by atoms with Crippen LogP contribution in [-0.4, -0.2) is 36.8 Å². The summed E-state index contributed by atoms with van der Waals surface area (Å²) in [6, 6.07) is 1.68. The molecule has 0 fully saturated rings. The molecule has 84 valence electrons. The van der Waals surface area contributed by atoms with Crippen molar-refractivity contribution in [1.82, 2.24) is 9.97 Å². The normalized spacial score (nSPS) is 12.2. The summed E-state index contributed by atoms with van der Waals surface area (Å²) in [7, 11) is 3.37. The maximum Gasteiger partial charge on any atom is 0.225 e. The molecule has 1 aromatic heterocycles. The lowest BCUT2D eigenvalue weighted by Crippen LogP contribution is -2.19. The van der Waals surface area contributed by atoms with Crippen molar-refractivity contribution in [3.05, 3.63) is 6.07 Å². The van der Waals surface area contributed by atoms with E-state index in [2.05, 4.69) is 15.3 Å². The van der Waals surface area contributed by atoms with Crippen LogP contribution >= 0.6 is 0 Å². The van der Waals surface area contributed by atoms with Crippen LogP contribution in [0.1, 0.15) is 6.92 Å². The summed E-state index contributed by atoms with van der Waals surface area (Å²) in [6.07, 6.45) is -0.0750. The van der Waals surface area contributed by atoms with Crippen LogP contribution in [0.2, 0.25) is 0 Å². The van der Waals surface area contributed by atoms with Crippen molar-refractivity contribution in [3.8, 4) is 5.88 Å². The van der Waals surface area contributed by atoms with Gasteiger partial charge in [-0.1, -0.05) is 0 Å². The number of rotatable bonds is 5. The number of methoxy groups -OCH3 is 1. The fourth-order valence-corrected chi connectivity index (χ4v) is 1.11. The molecule has 0 spiro atoms. The molecule has 0 aliphatic carbocycles. The van der Waals surface area contributed by atoms with Gasteiger partial charge in [-0.25, -0.2) is 0 Å². The van der Waals surface area contributed by atoms with Crippen LogP contribution < -0.4 is 15.8 Å². The van der Waals surface area contributed by atoms with Crippen LogP contribution in [0, 0.1) is 0 Å². The van der Waals surface area contributed by atoms with E-state index in [0.29, 0.717) is 18.3 Å². The van der Waals surface area contributed by atoms with E-state index in [4.69, 9.17) is 15.2 Å². The molecule has 0 bridgehead atoms. The zero-order chi connectivity index (χ0) is 11.3. The lowest BCUT2D eigenvalue weighted by atomic mass is 10.4. The Labute approximate surface area is 88.8 Å². The molecule has 15 heavy (non-hydrogen) atoms. The maximum atomic E-state index is 5.51. The zero-order valence-electron chi connectivity index (χ0n) is 9.15. The summed E-state index contributed by atoms with van der Waals surface area (Å²) in [5.74, 6) is 1.25. The molecular formula is C9H16N4O2. The number of nitrogens with one attached hydrogen (secondary N) is 1. The van der Waals surface area contributed by atoms with Crippen molar-refractivity contribution in [3.63, 3.8) is 0 Å². The van der Waals surface area contributed by atoms with Gasteiger partial charge in [0.15, 0.2) is 0 Å². The predicted molar refractivity (Wildman–Crippen MR) is 58.0 cm³/mol. The average Bonchev–Trinajstić information content (AvgIpc) is 2.17. The van der Waals surface area contributed by atoms with Crippen LogP contribution in [0.4, 0.5) is 11.8 Å². The molecule has 0 aliphatic rings. The van der Waals surface area contributed by atoms with Crippen molar-refractivity contribution in [1.29, 1.82) is 0 Å². The molecule has 0 aromatic carbocycles. The van der Waals surface area contributed by atoms with Crippen molar-refractivity contribution >= 4 is 11.8 Å². The smallest absolute Gasteiger partial charge is 0.225 e. The first-order valence-electron chi connectivity index (χ1n) is 4.63. The van der Waals surface area contributed by atoms with Gasteiger partial charge < -0.3 is 20.5 Å². The van der Waals surface area contributed by atoms with Crippen LogP contribution in [-0.2, 0) is 4.74 Å². The van der Waals surface area contributed by atoms with Crippen molar-refractivity contribution in [2.45, 2.75) is 13.0 Å².